The van der Waals surface area contributed by atoms with E-state index >= 15 is 0 Å². The Morgan fingerprint density at radius 1 is 1.44 bits per heavy atom. The second-order valence-corrected chi connectivity index (χ2v) is 7.33. The molecule has 0 bridgehead atoms. The van der Waals surface area contributed by atoms with Crippen molar-refractivity contribution in [3.8, 4) is 0 Å². The van der Waals surface area contributed by atoms with Crippen molar-refractivity contribution < 1.29 is 13.2 Å². The van der Waals surface area contributed by atoms with Crippen molar-refractivity contribution >= 4 is 21.4 Å². The minimum atomic E-state index is -3.36. The molecule has 0 saturated heterocycles. The van der Waals surface area contributed by atoms with Crippen molar-refractivity contribution in [1.82, 2.24) is 9.62 Å². The topological polar surface area (TPSA) is 58.6 Å². The van der Waals surface area contributed by atoms with Gasteiger partial charge >= 0.3 is 0 Å². The van der Waals surface area contributed by atoms with E-state index in [1.165, 1.54) is 15.6 Å². The van der Waals surface area contributed by atoms with Crippen molar-refractivity contribution in [3.05, 3.63) is 17.0 Å². The zero-order chi connectivity index (χ0) is 13.6. The number of methoxy groups -OCH3 is 1. The van der Waals surface area contributed by atoms with E-state index < -0.39 is 10.0 Å². The minimum absolute atomic E-state index is 0.364. The molecule has 0 aromatic carbocycles. The lowest BCUT2D eigenvalue weighted by molar-refractivity contribution is 0.185. The highest BCUT2D eigenvalue weighted by atomic mass is 32.2. The van der Waals surface area contributed by atoms with E-state index in [-0.39, 0.29) is 0 Å². The molecule has 5 nitrogen and oxygen atoms in total. The van der Waals surface area contributed by atoms with Gasteiger partial charge < -0.3 is 10.1 Å². The van der Waals surface area contributed by atoms with E-state index in [2.05, 4.69) is 5.32 Å². The molecular formula is C11H20N2O3S2. The summed E-state index contributed by atoms with van der Waals surface area (Å²) in [4.78, 5) is 1.07. The smallest absolute Gasteiger partial charge is 0.252 e. The van der Waals surface area contributed by atoms with Crippen LogP contribution in [0.3, 0.4) is 0 Å². The van der Waals surface area contributed by atoms with Gasteiger partial charge in [0.05, 0.1) is 6.61 Å². The summed E-state index contributed by atoms with van der Waals surface area (Å²) >= 11 is 1.33. The lowest BCUT2D eigenvalue weighted by Gasteiger charge is -2.15. The average Bonchev–Trinajstić information content (AvgIpc) is 2.82. The van der Waals surface area contributed by atoms with Crippen LogP contribution in [0.1, 0.15) is 4.88 Å². The van der Waals surface area contributed by atoms with Gasteiger partial charge in [-0.1, -0.05) is 0 Å². The zero-order valence-corrected chi connectivity index (χ0v) is 12.6. The maximum Gasteiger partial charge on any atom is 0.252 e. The molecule has 0 aliphatic carbocycles. The van der Waals surface area contributed by atoms with Crippen LogP contribution in [0.2, 0.25) is 0 Å². The highest BCUT2D eigenvalue weighted by molar-refractivity contribution is 7.91. The largest absolute Gasteiger partial charge is 0.383 e. The third kappa shape index (κ3) is 4.03. The Bertz CT molecular complexity index is 457. The van der Waals surface area contributed by atoms with Crippen LogP contribution in [-0.4, -0.2) is 53.6 Å². The SMILES string of the molecule is CNCCc1ccc(S(=O)(=O)N(C)CCOC)s1. The van der Waals surface area contributed by atoms with E-state index in [1.807, 2.05) is 13.1 Å². The Morgan fingerprint density at radius 3 is 2.78 bits per heavy atom. The first kappa shape index (κ1) is 15.6. The predicted octanol–water partition coefficient (Wildman–Crippen LogP) is 0.777. The summed E-state index contributed by atoms with van der Waals surface area (Å²) in [5.74, 6) is 0. The van der Waals surface area contributed by atoms with Crippen LogP contribution in [0.25, 0.3) is 0 Å². The number of rotatable bonds is 8. The van der Waals surface area contributed by atoms with Gasteiger partial charge in [-0.15, -0.1) is 11.3 Å². The number of nitrogens with one attached hydrogen (secondary N) is 1. The van der Waals surface area contributed by atoms with E-state index in [0.717, 1.165) is 17.8 Å². The zero-order valence-electron chi connectivity index (χ0n) is 11.0. The molecule has 104 valence electrons. The van der Waals surface area contributed by atoms with Crippen LogP contribution in [0, 0.1) is 0 Å². The van der Waals surface area contributed by atoms with Crippen molar-refractivity contribution in [2.24, 2.45) is 0 Å². The van der Waals surface area contributed by atoms with Crippen molar-refractivity contribution in [2.45, 2.75) is 10.6 Å². The highest BCUT2D eigenvalue weighted by Crippen LogP contribution is 2.24. The van der Waals surface area contributed by atoms with Gasteiger partial charge in [-0.3, -0.25) is 0 Å². The number of thiophene rings is 1. The molecule has 0 unspecified atom stereocenters. The van der Waals surface area contributed by atoms with Crippen molar-refractivity contribution in [3.63, 3.8) is 0 Å². The second kappa shape index (κ2) is 7.20. The summed E-state index contributed by atoms with van der Waals surface area (Å²) in [5.41, 5.74) is 0. The molecule has 7 heteroatoms. The van der Waals surface area contributed by atoms with Gasteiger partial charge in [0.15, 0.2) is 0 Å². The molecule has 18 heavy (non-hydrogen) atoms. The molecule has 0 fully saturated rings. The Kier molecular flexibility index (Phi) is 6.24. The molecule has 0 spiro atoms. The first-order valence-electron chi connectivity index (χ1n) is 5.71. The van der Waals surface area contributed by atoms with Crippen LogP contribution >= 0.6 is 11.3 Å². The second-order valence-electron chi connectivity index (χ2n) is 3.89. The number of sulfonamides is 1. The molecule has 1 aromatic heterocycles. The van der Waals surface area contributed by atoms with E-state index in [1.54, 1.807) is 20.2 Å². The van der Waals surface area contributed by atoms with Gasteiger partial charge in [0.2, 0.25) is 0 Å². The summed E-state index contributed by atoms with van der Waals surface area (Å²) in [6, 6.07) is 3.55. The third-order valence-electron chi connectivity index (χ3n) is 2.53. The number of hydrogen-bond donors (Lipinski definition) is 1. The molecule has 0 atom stereocenters. The van der Waals surface area contributed by atoms with Crippen LogP contribution in [0.4, 0.5) is 0 Å². The molecule has 0 aliphatic heterocycles. The summed E-state index contributed by atoms with van der Waals surface area (Å²) in [6.07, 6.45) is 0.846. The van der Waals surface area contributed by atoms with Crippen molar-refractivity contribution in [1.29, 1.82) is 0 Å². The fourth-order valence-corrected chi connectivity index (χ4v) is 4.09. The number of likely N-dealkylation sites (N-methyl/N-ethyl adjacent to an activating group) is 2. The Balaban J connectivity index is 2.75. The Morgan fingerprint density at radius 2 is 2.17 bits per heavy atom. The number of hydrogen-bond acceptors (Lipinski definition) is 5. The van der Waals surface area contributed by atoms with Crippen LogP contribution in [-0.2, 0) is 21.2 Å². The predicted molar refractivity (Wildman–Crippen MR) is 73.6 cm³/mol. The first-order valence-corrected chi connectivity index (χ1v) is 7.96. The Labute approximate surface area is 113 Å². The summed E-state index contributed by atoms with van der Waals surface area (Å²) in [5, 5.41) is 3.05. The molecule has 0 radical (unpaired) electrons. The molecule has 1 N–H and O–H groups in total. The van der Waals surface area contributed by atoms with Crippen LogP contribution in [0.15, 0.2) is 16.3 Å². The van der Waals surface area contributed by atoms with E-state index in [4.69, 9.17) is 4.74 Å². The molecule has 0 saturated carbocycles. The number of ether oxygens (including phenoxy) is 1. The summed E-state index contributed by atoms with van der Waals surface area (Å²) < 4.78 is 31.0. The van der Waals surface area contributed by atoms with E-state index in [0.29, 0.717) is 17.4 Å². The fourth-order valence-electron chi connectivity index (χ4n) is 1.37. The standard InChI is InChI=1S/C11H20N2O3S2/c1-12-7-6-10-4-5-11(17-10)18(14,15)13(2)8-9-16-3/h4-5,12H,6-9H2,1-3H3. The monoisotopic (exact) mass is 292 g/mol. The molecule has 1 rings (SSSR count). The van der Waals surface area contributed by atoms with E-state index in [9.17, 15) is 8.42 Å². The number of nitrogens with zero attached hydrogens (tertiary/aromatic N) is 1. The van der Waals surface area contributed by atoms with Gasteiger partial charge in [-0.2, -0.15) is 4.31 Å². The van der Waals surface area contributed by atoms with Gasteiger partial charge in [0.1, 0.15) is 4.21 Å². The van der Waals surface area contributed by atoms with Crippen LogP contribution < -0.4 is 5.32 Å². The molecule has 1 aromatic rings. The highest BCUT2D eigenvalue weighted by Gasteiger charge is 2.22. The molecule has 0 amide bonds. The normalized spacial score (nSPS) is 12.2. The lowest BCUT2D eigenvalue weighted by atomic mass is 10.3. The lowest BCUT2D eigenvalue weighted by Crippen LogP contribution is -2.29. The summed E-state index contributed by atoms with van der Waals surface area (Å²) in [6.45, 7) is 1.61. The summed E-state index contributed by atoms with van der Waals surface area (Å²) in [7, 11) is 1.64. The van der Waals surface area contributed by atoms with Gasteiger partial charge in [0.25, 0.3) is 10.0 Å². The quantitative estimate of drug-likeness (QED) is 0.769. The minimum Gasteiger partial charge on any atom is -0.383 e. The maximum absolute atomic E-state index is 12.2. The molecule has 0 aliphatic rings. The Hall–Kier alpha value is -0.470. The van der Waals surface area contributed by atoms with Gasteiger partial charge in [0, 0.05) is 25.6 Å². The van der Waals surface area contributed by atoms with Gasteiger partial charge in [-0.05, 0) is 32.1 Å². The third-order valence-corrected chi connectivity index (χ3v) is 6.00. The molecular weight excluding hydrogens is 272 g/mol. The van der Waals surface area contributed by atoms with Crippen molar-refractivity contribution in [2.75, 3.05) is 40.9 Å². The average molecular weight is 292 g/mol. The van der Waals surface area contributed by atoms with Crippen LogP contribution in [0.5, 0.6) is 0 Å². The molecule has 1 heterocycles. The van der Waals surface area contributed by atoms with Gasteiger partial charge in [-0.25, -0.2) is 8.42 Å². The fraction of sp³-hybridized carbons (Fsp3) is 0.636. The maximum atomic E-state index is 12.2. The first-order chi connectivity index (χ1) is 8.52.